The van der Waals surface area contributed by atoms with Crippen LogP contribution >= 0.6 is 0 Å². The Balaban J connectivity index is 1.46. The van der Waals surface area contributed by atoms with Gasteiger partial charge in [-0.25, -0.2) is 0 Å². The predicted molar refractivity (Wildman–Crippen MR) is 130 cm³/mol. The Hall–Kier alpha value is -0.340. The van der Waals surface area contributed by atoms with Crippen molar-refractivity contribution in [3.05, 3.63) is 11.6 Å². The van der Waals surface area contributed by atoms with E-state index in [0.29, 0.717) is 10.8 Å². The highest BCUT2D eigenvalue weighted by atomic mass is 16.6. The van der Waals surface area contributed by atoms with Gasteiger partial charge in [-0.15, -0.1) is 0 Å². The van der Waals surface area contributed by atoms with Crippen LogP contribution in [0.5, 0.6) is 0 Å². The van der Waals surface area contributed by atoms with E-state index in [1.54, 1.807) is 12.5 Å². The van der Waals surface area contributed by atoms with Crippen LogP contribution in [-0.2, 0) is 4.74 Å². The molecule has 4 rings (SSSR count). The first kappa shape index (κ1) is 23.8. The average Bonchev–Trinajstić information content (AvgIpc) is 3.05. The van der Waals surface area contributed by atoms with Gasteiger partial charge in [-0.05, 0) is 105 Å². The van der Waals surface area contributed by atoms with Gasteiger partial charge in [0, 0.05) is 0 Å². The first-order chi connectivity index (χ1) is 14.6. The predicted octanol–water partition coefficient (Wildman–Crippen LogP) is 7.75. The number of fused-ring (bicyclic) bond motifs is 5. The van der Waals surface area contributed by atoms with Gasteiger partial charge in [0.05, 0.1) is 6.10 Å². The van der Waals surface area contributed by atoms with Crippen molar-refractivity contribution in [2.24, 2.45) is 46.3 Å². The van der Waals surface area contributed by atoms with Crippen molar-refractivity contribution < 1.29 is 9.84 Å². The molecule has 1 N–H and O–H groups in total. The van der Waals surface area contributed by atoms with Crippen LogP contribution in [0, 0.1) is 46.3 Å². The summed E-state index contributed by atoms with van der Waals surface area (Å²) in [5.41, 5.74) is 2.61. The fraction of sp³-hybridized carbons (Fsp3) is 0.931. The van der Waals surface area contributed by atoms with Crippen LogP contribution in [0.1, 0.15) is 112 Å². The number of hydrogen-bond donors (Lipinski definition) is 1. The number of aliphatic hydroxyl groups is 1. The number of aliphatic hydroxyl groups excluding tert-OH is 1. The van der Waals surface area contributed by atoms with Crippen molar-refractivity contribution in [2.45, 2.75) is 125 Å². The lowest BCUT2D eigenvalue weighted by Crippen LogP contribution is -2.51. The highest BCUT2D eigenvalue weighted by Gasteiger charge is 2.59. The minimum atomic E-state index is -0.639. The third-order valence-electron chi connectivity index (χ3n) is 10.6. The largest absolute Gasteiger partial charge is 0.368 e. The van der Waals surface area contributed by atoms with Gasteiger partial charge in [0.1, 0.15) is 0 Å². The molecule has 3 saturated carbocycles. The van der Waals surface area contributed by atoms with Crippen LogP contribution in [0.25, 0.3) is 0 Å². The summed E-state index contributed by atoms with van der Waals surface area (Å²) in [6, 6.07) is 0. The second-order valence-corrected chi connectivity index (χ2v) is 12.9. The van der Waals surface area contributed by atoms with Crippen LogP contribution in [0.15, 0.2) is 11.6 Å². The second-order valence-electron chi connectivity index (χ2n) is 12.9. The molecule has 0 spiro atoms. The highest BCUT2D eigenvalue weighted by molar-refractivity contribution is 5.25. The molecular formula is C29H50O2. The summed E-state index contributed by atoms with van der Waals surface area (Å²) in [6.45, 7) is 14.3. The zero-order chi connectivity index (χ0) is 22.4. The van der Waals surface area contributed by atoms with Gasteiger partial charge in [0.15, 0.2) is 6.29 Å². The van der Waals surface area contributed by atoms with Crippen molar-refractivity contribution in [1.82, 2.24) is 0 Å². The number of ether oxygens (including phenoxy) is 1. The monoisotopic (exact) mass is 430 g/mol. The number of rotatable bonds is 7. The Morgan fingerprint density at radius 3 is 2.48 bits per heavy atom. The first-order valence-electron chi connectivity index (χ1n) is 13.7. The summed E-state index contributed by atoms with van der Waals surface area (Å²) in [4.78, 5) is 0. The van der Waals surface area contributed by atoms with Crippen LogP contribution < -0.4 is 0 Å². The molecule has 4 aliphatic rings. The lowest BCUT2D eigenvalue weighted by molar-refractivity contribution is -0.139. The van der Waals surface area contributed by atoms with E-state index in [1.807, 2.05) is 0 Å². The van der Waals surface area contributed by atoms with E-state index < -0.39 is 6.29 Å². The average molecular weight is 431 g/mol. The summed E-state index contributed by atoms with van der Waals surface area (Å²) in [5.74, 6) is 5.38. The molecule has 31 heavy (non-hydrogen) atoms. The summed E-state index contributed by atoms with van der Waals surface area (Å²) >= 11 is 0. The lowest BCUT2D eigenvalue weighted by Gasteiger charge is -2.58. The van der Waals surface area contributed by atoms with Crippen LogP contribution in [0.4, 0.5) is 0 Å². The molecule has 178 valence electrons. The Labute approximate surface area is 192 Å². The maximum atomic E-state index is 9.69. The van der Waals surface area contributed by atoms with Gasteiger partial charge in [0.2, 0.25) is 0 Å². The van der Waals surface area contributed by atoms with E-state index in [2.05, 4.69) is 40.7 Å². The van der Waals surface area contributed by atoms with Gasteiger partial charge in [-0.1, -0.05) is 65.5 Å². The normalized spacial score (nSPS) is 44.3. The number of allylic oxidation sites excluding steroid dienone is 1. The summed E-state index contributed by atoms with van der Waals surface area (Å²) in [5, 5.41) is 9.69. The summed E-state index contributed by atoms with van der Waals surface area (Å²) < 4.78 is 5.81. The van der Waals surface area contributed by atoms with Gasteiger partial charge in [-0.3, -0.25) is 0 Å². The minimum Gasteiger partial charge on any atom is -0.368 e. The van der Waals surface area contributed by atoms with Crippen LogP contribution in [-0.4, -0.2) is 17.5 Å². The number of hydrogen-bond acceptors (Lipinski definition) is 2. The van der Waals surface area contributed by atoms with E-state index in [0.717, 1.165) is 48.3 Å². The zero-order valence-corrected chi connectivity index (χ0v) is 21.3. The van der Waals surface area contributed by atoms with E-state index in [-0.39, 0.29) is 6.10 Å². The topological polar surface area (TPSA) is 29.5 Å². The molecule has 3 fully saturated rings. The Morgan fingerprint density at radius 2 is 1.77 bits per heavy atom. The van der Waals surface area contributed by atoms with Gasteiger partial charge in [-0.2, -0.15) is 0 Å². The molecule has 3 unspecified atom stereocenters. The molecule has 0 aromatic carbocycles. The van der Waals surface area contributed by atoms with Crippen LogP contribution in [0.3, 0.4) is 0 Å². The molecule has 0 aromatic rings. The Kier molecular flexibility index (Phi) is 7.01. The van der Waals surface area contributed by atoms with Crippen LogP contribution in [0.2, 0.25) is 0 Å². The van der Waals surface area contributed by atoms with Gasteiger partial charge in [0.25, 0.3) is 0 Å². The first-order valence-corrected chi connectivity index (χ1v) is 13.7. The maximum absolute atomic E-state index is 9.69. The maximum Gasteiger partial charge on any atom is 0.152 e. The van der Waals surface area contributed by atoms with E-state index in [1.165, 1.54) is 57.8 Å². The van der Waals surface area contributed by atoms with Crippen molar-refractivity contribution in [1.29, 1.82) is 0 Å². The van der Waals surface area contributed by atoms with Crippen molar-refractivity contribution in [2.75, 3.05) is 0 Å². The molecule has 4 aliphatic carbocycles. The van der Waals surface area contributed by atoms with E-state index in [9.17, 15) is 5.11 Å². The molecule has 0 bridgehead atoms. The third kappa shape index (κ3) is 4.42. The molecule has 0 aromatic heterocycles. The summed E-state index contributed by atoms with van der Waals surface area (Å²) in [7, 11) is 0. The minimum absolute atomic E-state index is 0.215. The third-order valence-corrected chi connectivity index (χ3v) is 10.6. The van der Waals surface area contributed by atoms with E-state index >= 15 is 0 Å². The van der Waals surface area contributed by atoms with Gasteiger partial charge < -0.3 is 9.84 Å². The van der Waals surface area contributed by atoms with Gasteiger partial charge >= 0.3 is 0 Å². The molecule has 0 amide bonds. The fourth-order valence-electron chi connectivity index (χ4n) is 9.05. The smallest absolute Gasteiger partial charge is 0.152 e. The van der Waals surface area contributed by atoms with Crippen molar-refractivity contribution in [3.8, 4) is 0 Å². The fourth-order valence-corrected chi connectivity index (χ4v) is 9.05. The SMILES string of the molecule is CC(C)CCC[C@@H](C)[C@H]1CCC2[C@@H]3CC=C4C[C@@H](OC(C)O)CC[C@]4(C)C3CC[C@@]21C. The summed E-state index contributed by atoms with van der Waals surface area (Å²) in [6.07, 6.45) is 17.0. The van der Waals surface area contributed by atoms with E-state index in [4.69, 9.17) is 4.74 Å². The molecule has 2 heteroatoms. The lowest BCUT2D eigenvalue weighted by atomic mass is 9.47. The molecule has 2 nitrogen and oxygen atoms in total. The Morgan fingerprint density at radius 1 is 1.00 bits per heavy atom. The molecule has 0 aliphatic heterocycles. The highest BCUT2D eigenvalue weighted by Crippen LogP contribution is 2.67. The van der Waals surface area contributed by atoms with Crippen molar-refractivity contribution >= 4 is 0 Å². The zero-order valence-electron chi connectivity index (χ0n) is 21.3. The molecule has 0 radical (unpaired) electrons. The molecule has 0 saturated heterocycles. The standard InChI is InChI=1S/C29H50O2/c1-19(2)8-7-9-20(3)25-12-13-26-24-11-10-22-18-23(31-21(4)30)14-16-28(22,5)27(24)15-17-29(25,26)6/h10,19-21,23-27,30H,7-9,11-18H2,1-6H3/t20-,21?,23+,24+,25-,26?,27?,28+,29-/m1/s1. The quantitative estimate of drug-likeness (QED) is 0.330. The second kappa shape index (κ2) is 9.13. The molecule has 9 atom stereocenters. The van der Waals surface area contributed by atoms with Crippen molar-refractivity contribution in [3.63, 3.8) is 0 Å². The molecule has 0 heterocycles. The molecular weight excluding hydrogens is 380 g/mol. The Bertz CT molecular complexity index is 651.